The van der Waals surface area contributed by atoms with Gasteiger partial charge in [-0.25, -0.2) is 9.07 Å². The molecule has 0 saturated heterocycles. The van der Waals surface area contributed by atoms with E-state index in [4.69, 9.17) is 9.47 Å². The van der Waals surface area contributed by atoms with Crippen LogP contribution >= 0.6 is 11.3 Å². The van der Waals surface area contributed by atoms with Crippen molar-refractivity contribution in [1.29, 1.82) is 0 Å². The number of hydrogen-bond acceptors (Lipinski definition) is 5. The lowest BCUT2D eigenvalue weighted by molar-refractivity contribution is 0.171. The van der Waals surface area contributed by atoms with Gasteiger partial charge in [0.15, 0.2) is 11.5 Å². The van der Waals surface area contributed by atoms with Crippen molar-refractivity contribution in [1.82, 2.24) is 4.68 Å². The van der Waals surface area contributed by atoms with Gasteiger partial charge in [-0.05, 0) is 55.0 Å². The zero-order chi connectivity index (χ0) is 18.6. The van der Waals surface area contributed by atoms with Gasteiger partial charge in [-0.15, -0.1) is 11.3 Å². The third kappa shape index (κ3) is 3.78. The summed E-state index contributed by atoms with van der Waals surface area (Å²) in [6.45, 7) is 3.74. The van der Waals surface area contributed by atoms with Gasteiger partial charge in [0, 0.05) is 17.5 Å². The largest absolute Gasteiger partial charge is 0.486 e. The molecule has 0 aliphatic carbocycles. The number of hydrogen-bond donors (Lipinski definition) is 0. The van der Waals surface area contributed by atoms with E-state index in [-0.39, 0.29) is 5.82 Å². The minimum atomic E-state index is -0.265. The lowest BCUT2D eigenvalue weighted by Gasteiger charge is -2.18. The van der Waals surface area contributed by atoms with Crippen molar-refractivity contribution in [3.63, 3.8) is 0 Å². The van der Waals surface area contributed by atoms with E-state index in [1.54, 1.807) is 23.0 Å². The van der Waals surface area contributed by atoms with Crippen LogP contribution in [0.5, 0.6) is 11.5 Å². The number of fused-ring (bicyclic) bond motifs is 1. The van der Waals surface area contributed by atoms with Crippen LogP contribution in [-0.2, 0) is 0 Å². The predicted octanol–water partition coefficient (Wildman–Crippen LogP) is 3.93. The van der Waals surface area contributed by atoms with Crippen LogP contribution in [0.1, 0.15) is 12.5 Å². The van der Waals surface area contributed by atoms with E-state index in [0.717, 1.165) is 33.1 Å². The van der Waals surface area contributed by atoms with Crippen molar-refractivity contribution in [3.05, 3.63) is 64.0 Å². The maximum Gasteiger partial charge on any atom is 0.206 e. The third-order valence-electron chi connectivity index (χ3n) is 4.01. The maximum absolute atomic E-state index is 13.3. The molecule has 0 spiro atoms. The molecule has 0 saturated carbocycles. The number of aromatic nitrogens is 1. The third-order valence-corrected chi connectivity index (χ3v) is 4.86. The van der Waals surface area contributed by atoms with E-state index < -0.39 is 0 Å². The first kappa shape index (κ1) is 17.5. The quantitative estimate of drug-likeness (QED) is 0.641. The van der Waals surface area contributed by atoms with Gasteiger partial charge in [0.25, 0.3) is 0 Å². The molecule has 2 aromatic carbocycles. The Morgan fingerprint density at radius 3 is 2.67 bits per heavy atom. The summed E-state index contributed by atoms with van der Waals surface area (Å²) in [7, 11) is 0. The van der Waals surface area contributed by atoms with Crippen molar-refractivity contribution in [2.24, 2.45) is 10.1 Å². The zero-order valence-electron chi connectivity index (χ0n) is 14.8. The summed E-state index contributed by atoms with van der Waals surface area (Å²) in [6.07, 6.45) is 1.76. The van der Waals surface area contributed by atoms with Gasteiger partial charge in [-0.3, -0.25) is 4.99 Å². The van der Waals surface area contributed by atoms with Crippen LogP contribution in [0, 0.1) is 5.82 Å². The first-order valence-electron chi connectivity index (χ1n) is 8.65. The first-order chi connectivity index (χ1) is 13.2. The summed E-state index contributed by atoms with van der Waals surface area (Å²) in [5, 5.41) is 6.60. The molecule has 7 heteroatoms. The van der Waals surface area contributed by atoms with Crippen molar-refractivity contribution in [2.45, 2.75) is 6.92 Å². The van der Waals surface area contributed by atoms with E-state index in [2.05, 4.69) is 10.1 Å². The number of benzene rings is 2. The van der Waals surface area contributed by atoms with Gasteiger partial charge in [-0.1, -0.05) is 0 Å². The topological polar surface area (TPSA) is 48.1 Å². The molecule has 2 heterocycles. The van der Waals surface area contributed by atoms with Crippen LogP contribution in [0.25, 0.3) is 11.3 Å². The Morgan fingerprint density at radius 1 is 1.11 bits per heavy atom. The average Bonchev–Trinajstić information content (AvgIpc) is 3.09. The lowest BCUT2D eigenvalue weighted by Crippen LogP contribution is -2.15. The van der Waals surface area contributed by atoms with Gasteiger partial charge in [-0.2, -0.15) is 5.10 Å². The Kier molecular flexibility index (Phi) is 5.02. The van der Waals surface area contributed by atoms with Gasteiger partial charge in [0.2, 0.25) is 4.80 Å². The molecule has 0 bridgehead atoms. The zero-order valence-corrected chi connectivity index (χ0v) is 15.6. The summed E-state index contributed by atoms with van der Waals surface area (Å²) in [4.78, 5) is 5.28. The molecular formula is C20H18FN3O2S. The van der Waals surface area contributed by atoms with E-state index >= 15 is 0 Å². The second-order valence-electron chi connectivity index (χ2n) is 5.84. The molecule has 0 radical (unpaired) electrons. The van der Waals surface area contributed by atoms with Crippen LogP contribution in [0.2, 0.25) is 0 Å². The normalized spacial score (nSPS) is 14.1. The second-order valence-corrected chi connectivity index (χ2v) is 6.68. The van der Waals surface area contributed by atoms with Crippen molar-refractivity contribution < 1.29 is 13.9 Å². The second kappa shape index (κ2) is 7.75. The molecule has 1 aliphatic heterocycles. The molecule has 1 aliphatic rings. The summed E-state index contributed by atoms with van der Waals surface area (Å²) in [5.74, 6) is 1.20. The first-order valence-corrected chi connectivity index (χ1v) is 9.53. The Labute approximate surface area is 160 Å². The smallest absolute Gasteiger partial charge is 0.206 e. The van der Waals surface area contributed by atoms with E-state index in [0.29, 0.717) is 19.8 Å². The monoisotopic (exact) mass is 383 g/mol. The van der Waals surface area contributed by atoms with Gasteiger partial charge in [0.1, 0.15) is 19.0 Å². The molecule has 1 aromatic heterocycles. The summed E-state index contributed by atoms with van der Waals surface area (Å²) in [6, 6.07) is 12.1. The molecular weight excluding hydrogens is 365 g/mol. The lowest BCUT2D eigenvalue weighted by atomic mass is 10.2. The van der Waals surface area contributed by atoms with E-state index in [1.165, 1.54) is 23.5 Å². The standard InChI is InChI=1S/C20H18FN3O2S/c1-2-22-20-24(17(13-27-20)15-4-6-16(21)7-5-15)23-12-14-3-8-18-19(11-14)26-10-9-25-18/h3-8,11-13H,2,9-10H2,1H3/b22-20?,23-12-. The van der Waals surface area contributed by atoms with Gasteiger partial charge in [0.05, 0.1) is 11.9 Å². The number of thiazole rings is 1. The van der Waals surface area contributed by atoms with E-state index in [9.17, 15) is 4.39 Å². The Balaban J connectivity index is 1.72. The van der Waals surface area contributed by atoms with Crippen LogP contribution in [0.4, 0.5) is 4.39 Å². The summed E-state index contributed by atoms with van der Waals surface area (Å²) < 4.78 is 26.2. The van der Waals surface area contributed by atoms with Crippen molar-refractivity contribution in [2.75, 3.05) is 19.8 Å². The molecule has 3 aromatic rings. The molecule has 138 valence electrons. The minimum absolute atomic E-state index is 0.265. The van der Waals surface area contributed by atoms with Crippen LogP contribution in [0.3, 0.4) is 0 Å². The number of ether oxygens (including phenoxy) is 2. The molecule has 0 atom stereocenters. The number of halogens is 1. The van der Waals surface area contributed by atoms with Crippen LogP contribution in [0.15, 0.2) is 57.9 Å². The van der Waals surface area contributed by atoms with Crippen molar-refractivity contribution >= 4 is 17.6 Å². The molecule has 27 heavy (non-hydrogen) atoms. The summed E-state index contributed by atoms with van der Waals surface area (Å²) in [5.41, 5.74) is 2.64. The predicted molar refractivity (Wildman–Crippen MR) is 104 cm³/mol. The highest BCUT2D eigenvalue weighted by atomic mass is 32.1. The highest BCUT2D eigenvalue weighted by molar-refractivity contribution is 7.07. The van der Waals surface area contributed by atoms with Crippen molar-refractivity contribution in [3.8, 4) is 22.8 Å². The minimum Gasteiger partial charge on any atom is -0.486 e. The average molecular weight is 383 g/mol. The fourth-order valence-corrected chi connectivity index (χ4v) is 3.64. The SMILES string of the molecule is CCN=c1scc(-c2ccc(F)cc2)n1/N=C\c1ccc2c(c1)OCCO2. The molecule has 4 rings (SSSR count). The van der Waals surface area contributed by atoms with Gasteiger partial charge >= 0.3 is 0 Å². The fraction of sp³-hybridized carbons (Fsp3) is 0.200. The van der Waals surface area contributed by atoms with E-state index in [1.807, 2.05) is 30.5 Å². The number of rotatable bonds is 4. The maximum atomic E-state index is 13.3. The number of nitrogens with zero attached hydrogens (tertiary/aromatic N) is 3. The molecule has 0 fully saturated rings. The highest BCUT2D eigenvalue weighted by Gasteiger charge is 2.11. The molecule has 0 N–H and O–H groups in total. The Hall–Kier alpha value is -2.93. The highest BCUT2D eigenvalue weighted by Crippen LogP contribution is 2.30. The summed E-state index contributed by atoms with van der Waals surface area (Å²) >= 11 is 1.50. The molecule has 5 nitrogen and oxygen atoms in total. The Bertz CT molecular complexity index is 1040. The van der Waals surface area contributed by atoms with Crippen LogP contribution < -0.4 is 14.3 Å². The van der Waals surface area contributed by atoms with Crippen LogP contribution in [-0.4, -0.2) is 30.6 Å². The molecule has 0 amide bonds. The fourth-order valence-electron chi connectivity index (χ4n) is 2.74. The Morgan fingerprint density at radius 2 is 1.89 bits per heavy atom. The molecule has 0 unspecified atom stereocenters. The van der Waals surface area contributed by atoms with Gasteiger partial charge < -0.3 is 9.47 Å².